The van der Waals surface area contributed by atoms with Crippen LogP contribution in [0.1, 0.15) is 0 Å². The highest BCUT2D eigenvalue weighted by atomic mass is 19.1. The van der Waals surface area contributed by atoms with Gasteiger partial charge in [-0.05, 0) is 30.3 Å². The molecule has 0 unspecified atom stereocenters. The Balaban J connectivity index is 1.84. The predicted molar refractivity (Wildman–Crippen MR) is 101 cm³/mol. The van der Waals surface area contributed by atoms with E-state index in [9.17, 15) is 4.39 Å². The second-order valence-corrected chi connectivity index (χ2v) is 6.29. The number of rotatable bonds is 2. The predicted octanol–water partition coefficient (Wildman–Crippen LogP) is 3.29. The fourth-order valence-electron chi connectivity index (χ4n) is 3.40. The van der Waals surface area contributed by atoms with Gasteiger partial charge < -0.3 is 15.3 Å². The summed E-state index contributed by atoms with van der Waals surface area (Å²) in [6.45, 7) is 0. The number of nitrogens with two attached hydrogens (primary N) is 1. The summed E-state index contributed by atoms with van der Waals surface area (Å²) < 4.78 is 15.7. The van der Waals surface area contributed by atoms with Crippen molar-refractivity contribution in [1.82, 2.24) is 29.7 Å². The van der Waals surface area contributed by atoms with Gasteiger partial charge in [-0.2, -0.15) is 0 Å². The van der Waals surface area contributed by atoms with Gasteiger partial charge in [0.1, 0.15) is 22.9 Å². The smallest absolute Gasteiger partial charge is 0.240 e. The first-order chi connectivity index (χ1) is 13.1. The number of hydrogen-bond donors (Lipinski definition) is 2. The van der Waals surface area contributed by atoms with E-state index in [1.165, 1.54) is 12.1 Å². The van der Waals surface area contributed by atoms with Gasteiger partial charge in [0.05, 0.1) is 0 Å². The molecule has 1 aromatic carbocycles. The number of nitrogens with zero attached hydrogens (tertiary/aromatic N) is 5. The zero-order valence-corrected chi connectivity index (χ0v) is 14.3. The molecule has 4 heterocycles. The SMILES string of the molecule is Cn1cc(-c2nc(N)nnc2-c2c[nH]c3ccc(F)cc23)c2cccnc21. The molecule has 4 aromatic heterocycles. The lowest BCUT2D eigenvalue weighted by Crippen LogP contribution is -2.02. The molecule has 0 aliphatic heterocycles. The normalized spacial score (nSPS) is 11.5. The zero-order chi connectivity index (χ0) is 18.5. The van der Waals surface area contributed by atoms with Gasteiger partial charge in [0.2, 0.25) is 5.95 Å². The largest absolute Gasteiger partial charge is 0.366 e. The van der Waals surface area contributed by atoms with Crippen LogP contribution in [-0.4, -0.2) is 29.7 Å². The van der Waals surface area contributed by atoms with E-state index in [0.717, 1.165) is 22.1 Å². The Labute approximate surface area is 152 Å². The maximum atomic E-state index is 13.8. The lowest BCUT2D eigenvalue weighted by molar-refractivity contribution is 0.630. The van der Waals surface area contributed by atoms with Gasteiger partial charge in [0, 0.05) is 53.1 Å². The summed E-state index contributed by atoms with van der Waals surface area (Å²) in [7, 11) is 1.91. The van der Waals surface area contributed by atoms with Crippen LogP contribution >= 0.6 is 0 Å². The molecule has 0 amide bonds. The number of pyridine rings is 1. The average Bonchev–Trinajstić information content (AvgIpc) is 3.23. The molecule has 0 atom stereocenters. The Bertz CT molecular complexity index is 1320. The second-order valence-electron chi connectivity index (χ2n) is 6.29. The molecule has 0 bridgehead atoms. The molecule has 5 rings (SSSR count). The molecule has 0 radical (unpaired) electrons. The van der Waals surface area contributed by atoms with Crippen molar-refractivity contribution in [3.63, 3.8) is 0 Å². The maximum Gasteiger partial charge on any atom is 0.240 e. The van der Waals surface area contributed by atoms with Crippen molar-refractivity contribution in [1.29, 1.82) is 0 Å². The van der Waals surface area contributed by atoms with Crippen LogP contribution in [0.5, 0.6) is 0 Å². The van der Waals surface area contributed by atoms with Gasteiger partial charge in [-0.25, -0.2) is 14.4 Å². The molecule has 132 valence electrons. The summed E-state index contributed by atoms with van der Waals surface area (Å²) in [6, 6.07) is 8.40. The molecular weight excluding hydrogens is 345 g/mol. The number of halogens is 1. The molecule has 0 spiro atoms. The lowest BCUT2D eigenvalue weighted by atomic mass is 10.0. The number of aromatic amines is 1. The van der Waals surface area contributed by atoms with Crippen LogP contribution in [0.15, 0.2) is 48.9 Å². The number of hydrogen-bond acceptors (Lipinski definition) is 5. The topological polar surface area (TPSA) is 98.3 Å². The summed E-state index contributed by atoms with van der Waals surface area (Å²) >= 11 is 0. The van der Waals surface area contributed by atoms with Crippen molar-refractivity contribution in [2.24, 2.45) is 7.05 Å². The van der Waals surface area contributed by atoms with E-state index < -0.39 is 0 Å². The number of aryl methyl sites for hydroxylation is 1. The van der Waals surface area contributed by atoms with Gasteiger partial charge >= 0.3 is 0 Å². The first-order valence-electron chi connectivity index (χ1n) is 8.29. The third-order valence-electron chi connectivity index (χ3n) is 4.59. The summed E-state index contributed by atoms with van der Waals surface area (Å²) in [5.41, 5.74) is 10.1. The molecule has 0 saturated carbocycles. The number of H-pyrrole nitrogens is 1. The second kappa shape index (κ2) is 5.60. The van der Waals surface area contributed by atoms with Crippen molar-refractivity contribution >= 4 is 27.9 Å². The highest BCUT2D eigenvalue weighted by Gasteiger charge is 2.20. The molecular formula is C19H14FN7. The number of nitrogens with one attached hydrogen (secondary N) is 1. The van der Waals surface area contributed by atoms with Crippen molar-refractivity contribution in [2.75, 3.05) is 5.73 Å². The van der Waals surface area contributed by atoms with Gasteiger partial charge in [0.15, 0.2) is 0 Å². The van der Waals surface area contributed by atoms with Crippen molar-refractivity contribution in [3.8, 4) is 22.5 Å². The quantitative estimate of drug-likeness (QED) is 0.504. The number of anilines is 1. The van der Waals surface area contributed by atoms with Gasteiger partial charge in [-0.1, -0.05) is 0 Å². The number of aromatic nitrogens is 6. The Kier molecular flexibility index (Phi) is 3.20. The maximum absolute atomic E-state index is 13.8. The van der Waals surface area contributed by atoms with E-state index in [-0.39, 0.29) is 11.8 Å². The Morgan fingerprint density at radius 2 is 1.96 bits per heavy atom. The summed E-state index contributed by atoms with van der Waals surface area (Å²) in [5.74, 6) is -0.253. The van der Waals surface area contributed by atoms with E-state index in [1.54, 1.807) is 18.5 Å². The van der Waals surface area contributed by atoms with Crippen LogP contribution < -0.4 is 5.73 Å². The first-order valence-corrected chi connectivity index (χ1v) is 8.29. The van der Waals surface area contributed by atoms with Gasteiger partial charge in [0.25, 0.3) is 0 Å². The van der Waals surface area contributed by atoms with Crippen LogP contribution in [0.3, 0.4) is 0 Å². The van der Waals surface area contributed by atoms with Crippen LogP contribution in [0.2, 0.25) is 0 Å². The standard InChI is InChI=1S/C19H14FN7/c1-27-9-14(11-3-2-6-22-18(11)27)16-17(25-26-19(21)24-16)13-8-23-15-5-4-10(20)7-12(13)15/h2-9,23H,1H3,(H2,21,24,26). The Morgan fingerprint density at radius 3 is 2.85 bits per heavy atom. The monoisotopic (exact) mass is 359 g/mol. The molecule has 3 N–H and O–H groups in total. The molecule has 7 nitrogen and oxygen atoms in total. The highest BCUT2D eigenvalue weighted by molar-refractivity contribution is 6.01. The van der Waals surface area contributed by atoms with E-state index in [4.69, 9.17) is 5.73 Å². The van der Waals surface area contributed by atoms with Crippen LogP contribution in [0.4, 0.5) is 10.3 Å². The van der Waals surface area contributed by atoms with E-state index in [0.29, 0.717) is 22.3 Å². The van der Waals surface area contributed by atoms with Crippen LogP contribution in [0.25, 0.3) is 44.5 Å². The molecule has 0 aliphatic rings. The summed E-state index contributed by atoms with van der Waals surface area (Å²) in [5, 5.41) is 9.83. The molecule has 5 aromatic rings. The van der Waals surface area contributed by atoms with Crippen molar-refractivity contribution in [3.05, 3.63) is 54.7 Å². The van der Waals surface area contributed by atoms with Crippen LogP contribution in [-0.2, 0) is 7.05 Å². The fourth-order valence-corrected chi connectivity index (χ4v) is 3.40. The summed E-state index contributed by atoms with van der Waals surface area (Å²) in [4.78, 5) is 12.0. The van der Waals surface area contributed by atoms with Crippen molar-refractivity contribution in [2.45, 2.75) is 0 Å². The molecule has 0 saturated heterocycles. The van der Waals surface area contributed by atoms with E-state index in [2.05, 4.69) is 25.1 Å². The zero-order valence-electron chi connectivity index (χ0n) is 14.3. The Morgan fingerprint density at radius 1 is 1.07 bits per heavy atom. The average molecular weight is 359 g/mol. The fraction of sp³-hybridized carbons (Fsp3) is 0.0526. The highest BCUT2D eigenvalue weighted by Crippen LogP contribution is 2.37. The minimum absolute atomic E-state index is 0.0701. The molecule has 0 aliphatic carbocycles. The van der Waals surface area contributed by atoms with E-state index >= 15 is 0 Å². The summed E-state index contributed by atoms with van der Waals surface area (Å²) in [6.07, 6.45) is 5.45. The molecule has 0 fully saturated rings. The third kappa shape index (κ3) is 2.34. The van der Waals surface area contributed by atoms with E-state index in [1.807, 2.05) is 29.9 Å². The van der Waals surface area contributed by atoms with Crippen molar-refractivity contribution < 1.29 is 4.39 Å². The van der Waals surface area contributed by atoms with Gasteiger partial charge in [-0.15, -0.1) is 10.2 Å². The van der Waals surface area contributed by atoms with Gasteiger partial charge in [-0.3, -0.25) is 0 Å². The first kappa shape index (κ1) is 15.4. The minimum Gasteiger partial charge on any atom is -0.366 e. The number of nitrogen functional groups attached to an aromatic ring is 1. The third-order valence-corrected chi connectivity index (χ3v) is 4.59. The Hall–Kier alpha value is -3.81. The number of fused-ring (bicyclic) bond motifs is 2. The minimum atomic E-state index is -0.323. The lowest BCUT2D eigenvalue weighted by Gasteiger charge is -2.06. The number of benzene rings is 1. The van der Waals surface area contributed by atoms with Crippen LogP contribution in [0, 0.1) is 5.82 Å². The molecule has 27 heavy (non-hydrogen) atoms. The molecule has 8 heteroatoms.